The highest BCUT2D eigenvalue weighted by atomic mass is 16.1. The van der Waals surface area contributed by atoms with Crippen LogP contribution in [0.5, 0.6) is 0 Å². The van der Waals surface area contributed by atoms with Crippen molar-refractivity contribution in [2.75, 3.05) is 5.73 Å². The van der Waals surface area contributed by atoms with Crippen LogP contribution in [0, 0.1) is 6.92 Å². The maximum absolute atomic E-state index is 11.7. The third kappa shape index (κ3) is 1.95. The lowest BCUT2D eigenvalue weighted by atomic mass is 10.1. The maximum atomic E-state index is 11.7. The molecule has 5 heteroatoms. The Bertz CT molecular complexity index is 806. The van der Waals surface area contributed by atoms with Crippen LogP contribution in [0.15, 0.2) is 41.5 Å². The number of nitrogens with two attached hydrogens (primary N) is 1. The van der Waals surface area contributed by atoms with E-state index in [9.17, 15) is 4.79 Å². The van der Waals surface area contributed by atoms with Crippen molar-refractivity contribution in [1.82, 2.24) is 15.0 Å². The molecule has 3 rings (SSSR count). The number of aromatic nitrogens is 3. The molecule has 0 bridgehead atoms. The molecule has 94 valence electrons. The quantitative estimate of drug-likeness (QED) is 0.692. The largest absolute Gasteiger partial charge is 0.383 e. The highest BCUT2D eigenvalue weighted by Crippen LogP contribution is 2.23. The average Bonchev–Trinajstić information content (AvgIpc) is 2.39. The predicted molar refractivity (Wildman–Crippen MR) is 74.7 cm³/mol. The summed E-state index contributed by atoms with van der Waals surface area (Å²) in [4.78, 5) is 22.6. The Labute approximate surface area is 109 Å². The van der Waals surface area contributed by atoms with Crippen LogP contribution in [-0.4, -0.2) is 15.0 Å². The fourth-order valence-corrected chi connectivity index (χ4v) is 1.99. The van der Waals surface area contributed by atoms with Crippen LogP contribution in [0.1, 0.15) is 5.56 Å². The number of H-pyrrole nitrogens is 1. The van der Waals surface area contributed by atoms with Crippen LogP contribution in [0.2, 0.25) is 0 Å². The van der Waals surface area contributed by atoms with Crippen LogP contribution in [0.4, 0.5) is 5.82 Å². The van der Waals surface area contributed by atoms with Gasteiger partial charge in [0.05, 0.1) is 17.5 Å². The summed E-state index contributed by atoms with van der Waals surface area (Å²) in [5.41, 5.74) is 8.96. The second-order valence-corrected chi connectivity index (χ2v) is 4.38. The van der Waals surface area contributed by atoms with Crippen LogP contribution < -0.4 is 11.3 Å². The van der Waals surface area contributed by atoms with Crippen molar-refractivity contribution in [3.05, 3.63) is 52.6 Å². The van der Waals surface area contributed by atoms with E-state index in [1.54, 1.807) is 6.07 Å². The first-order valence-corrected chi connectivity index (χ1v) is 5.86. The van der Waals surface area contributed by atoms with E-state index >= 15 is 0 Å². The number of aromatic amines is 1. The number of nitrogen functional groups attached to an aromatic ring is 1. The Balaban J connectivity index is 2.27. The molecule has 0 spiro atoms. The predicted octanol–water partition coefficient (Wildman–Crippen LogP) is 1.88. The number of nitrogens with zero attached hydrogens (tertiary/aromatic N) is 2. The minimum Gasteiger partial charge on any atom is -0.383 e. The number of pyridine rings is 1. The standard InChI is InChI=1S/C14H12N4O/c1-8-2-4-9(5-3-8)10-6-11-12(13(15)18-10)14(19)17-7-16-11/h2-7H,1H3,(H2,15,18)(H,16,17,19). The molecule has 2 aromatic heterocycles. The van der Waals surface area contributed by atoms with Crippen molar-refractivity contribution in [3.63, 3.8) is 0 Å². The average molecular weight is 252 g/mol. The monoisotopic (exact) mass is 252 g/mol. The fourth-order valence-electron chi connectivity index (χ4n) is 1.99. The number of nitrogens with one attached hydrogen (secondary N) is 1. The molecule has 19 heavy (non-hydrogen) atoms. The van der Waals surface area contributed by atoms with Gasteiger partial charge in [0.2, 0.25) is 0 Å². The molecule has 0 saturated carbocycles. The molecule has 0 unspecified atom stereocenters. The molecule has 3 N–H and O–H groups in total. The molecule has 0 aliphatic carbocycles. The van der Waals surface area contributed by atoms with E-state index in [-0.39, 0.29) is 11.4 Å². The lowest BCUT2D eigenvalue weighted by molar-refractivity contribution is 1.16. The lowest BCUT2D eigenvalue weighted by Crippen LogP contribution is -2.10. The summed E-state index contributed by atoms with van der Waals surface area (Å²) in [6.07, 6.45) is 1.36. The zero-order valence-corrected chi connectivity index (χ0v) is 10.3. The third-order valence-electron chi connectivity index (χ3n) is 3.00. The van der Waals surface area contributed by atoms with Crippen molar-refractivity contribution in [1.29, 1.82) is 0 Å². The Hall–Kier alpha value is -2.69. The first-order chi connectivity index (χ1) is 9.15. The van der Waals surface area contributed by atoms with E-state index in [1.807, 2.05) is 31.2 Å². The zero-order valence-electron chi connectivity index (χ0n) is 10.3. The molecule has 1 aromatic carbocycles. The van der Waals surface area contributed by atoms with Crippen LogP contribution in [-0.2, 0) is 0 Å². The molecule has 0 radical (unpaired) electrons. The summed E-state index contributed by atoms with van der Waals surface area (Å²) in [5, 5.41) is 0.332. The summed E-state index contributed by atoms with van der Waals surface area (Å²) in [7, 11) is 0. The maximum Gasteiger partial charge on any atom is 0.262 e. The zero-order chi connectivity index (χ0) is 13.4. The first kappa shape index (κ1) is 11.4. The van der Waals surface area contributed by atoms with Gasteiger partial charge in [-0.05, 0) is 13.0 Å². The lowest BCUT2D eigenvalue weighted by Gasteiger charge is -2.05. The van der Waals surface area contributed by atoms with E-state index in [0.717, 1.165) is 5.56 Å². The molecule has 0 aliphatic rings. The molecule has 3 aromatic rings. The SMILES string of the molecule is Cc1ccc(-c2cc3nc[nH]c(=O)c3c(N)n2)cc1. The Morgan fingerprint density at radius 3 is 2.68 bits per heavy atom. The van der Waals surface area contributed by atoms with Crippen molar-refractivity contribution >= 4 is 16.7 Å². The summed E-state index contributed by atoms with van der Waals surface area (Å²) in [6.45, 7) is 2.02. The van der Waals surface area contributed by atoms with Gasteiger partial charge in [-0.2, -0.15) is 0 Å². The second kappa shape index (κ2) is 4.20. The molecular weight excluding hydrogens is 240 g/mol. The molecule has 5 nitrogen and oxygen atoms in total. The summed E-state index contributed by atoms with van der Waals surface area (Å²) in [6, 6.07) is 9.71. The van der Waals surface area contributed by atoms with E-state index in [4.69, 9.17) is 5.73 Å². The molecule has 0 saturated heterocycles. The first-order valence-electron chi connectivity index (χ1n) is 5.86. The molecular formula is C14H12N4O. The van der Waals surface area contributed by atoms with E-state index in [0.29, 0.717) is 16.6 Å². The van der Waals surface area contributed by atoms with Crippen LogP contribution in [0.25, 0.3) is 22.2 Å². The summed E-state index contributed by atoms with van der Waals surface area (Å²) < 4.78 is 0. The number of benzene rings is 1. The normalized spacial score (nSPS) is 10.8. The fraction of sp³-hybridized carbons (Fsp3) is 0.0714. The minimum absolute atomic E-state index is 0.197. The molecule has 0 fully saturated rings. The van der Waals surface area contributed by atoms with Crippen molar-refractivity contribution in [2.24, 2.45) is 0 Å². The van der Waals surface area contributed by atoms with Gasteiger partial charge in [0, 0.05) is 5.56 Å². The number of aryl methyl sites for hydroxylation is 1. The number of hydrogen-bond acceptors (Lipinski definition) is 4. The van der Waals surface area contributed by atoms with E-state index in [1.165, 1.54) is 11.9 Å². The molecule has 0 amide bonds. The second-order valence-electron chi connectivity index (χ2n) is 4.38. The Morgan fingerprint density at radius 1 is 1.21 bits per heavy atom. The van der Waals surface area contributed by atoms with Crippen molar-refractivity contribution in [2.45, 2.75) is 6.92 Å². The highest BCUT2D eigenvalue weighted by molar-refractivity contribution is 5.90. The van der Waals surface area contributed by atoms with Gasteiger partial charge in [0.15, 0.2) is 0 Å². The number of anilines is 1. The van der Waals surface area contributed by atoms with Gasteiger partial charge < -0.3 is 10.7 Å². The molecule has 2 heterocycles. The van der Waals surface area contributed by atoms with E-state index in [2.05, 4.69) is 15.0 Å². The Morgan fingerprint density at radius 2 is 1.95 bits per heavy atom. The van der Waals surface area contributed by atoms with E-state index < -0.39 is 0 Å². The van der Waals surface area contributed by atoms with Gasteiger partial charge in [-0.15, -0.1) is 0 Å². The minimum atomic E-state index is -0.273. The van der Waals surface area contributed by atoms with Crippen molar-refractivity contribution in [3.8, 4) is 11.3 Å². The van der Waals surface area contributed by atoms with Gasteiger partial charge in [0.25, 0.3) is 5.56 Å². The van der Waals surface area contributed by atoms with Crippen molar-refractivity contribution < 1.29 is 0 Å². The Kier molecular flexibility index (Phi) is 2.52. The topological polar surface area (TPSA) is 84.7 Å². The summed E-state index contributed by atoms with van der Waals surface area (Å²) >= 11 is 0. The van der Waals surface area contributed by atoms with Crippen LogP contribution in [0.3, 0.4) is 0 Å². The number of hydrogen-bond donors (Lipinski definition) is 2. The highest BCUT2D eigenvalue weighted by Gasteiger charge is 2.09. The van der Waals surface area contributed by atoms with Gasteiger partial charge >= 0.3 is 0 Å². The van der Waals surface area contributed by atoms with Crippen LogP contribution >= 0.6 is 0 Å². The number of rotatable bonds is 1. The van der Waals surface area contributed by atoms with Gasteiger partial charge in [-0.3, -0.25) is 4.79 Å². The number of fused-ring (bicyclic) bond motifs is 1. The van der Waals surface area contributed by atoms with Gasteiger partial charge in [-0.1, -0.05) is 29.8 Å². The van der Waals surface area contributed by atoms with Gasteiger partial charge in [0.1, 0.15) is 11.2 Å². The summed E-state index contributed by atoms with van der Waals surface area (Å²) in [5.74, 6) is 0.197. The molecule has 0 atom stereocenters. The third-order valence-corrected chi connectivity index (χ3v) is 3.00. The smallest absolute Gasteiger partial charge is 0.262 e. The van der Waals surface area contributed by atoms with Gasteiger partial charge in [-0.25, -0.2) is 9.97 Å². The molecule has 0 aliphatic heterocycles.